The number of anilines is 2. The lowest BCUT2D eigenvalue weighted by Crippen LogP contribution is -2.21. The van der Waals surface area contributed by atoms with E-state index in [1.807, 2.05) is 20.8 Å². The van der Waals surface area contributed by atoms with Gasteiger partial charge in [0.2, 0.25) is 0 Å². The van der Waals surface area contributed by atoms with Crippen molar-refractivity contribution in [1.82, 2.24) is 29.3 Å². The molecule has 10 nitrogen and oxygen atoms in total. The molecule has 148 valence electrons. The van der Waals surface area contributed by atoms with Crippen LogP contribution in [0.15, 0.2) is 16.9 Å². The first-order valence-corrected chi connectivity index (χ1v) is 9.40. The zero-order chi connectivity index (χ0) is 20.6. The number of hydrogen-bond acceptors (Lipinski definition) is 5. The van der Waals surface area contributed by atoms with Crippen molar-refractivity contribution >= 4 is 39.1 Å². The molecule has 0 aliphatic carbocycles. The molecule has 0 bridgehead atoms. The fourth-order valence-electron chi connectivity index (χ4n) is 2.67. The summed E-state index contributed by atoms with van der Waals surface area (Å²) in [5.41, 5.74) is 3.02. The Hall–Kier alpha value is -2.95. The lowest BCUT2D eigenvalue weighted by molar-refractivity contribution is 0.101. The maximum Gasteiger partial charge on any atom is 0.277 e. The maximum absolute atomic E-state index is 12.9. The van der Waals surface area contributed by atoms with E-state index >= 15 is 0 Å². The quantitative estimate of drug-likeness (QED) is 0.621. The van der Waals surface area contributed by atoms with Gasteiger partial charge in [0, 0.05) is 20.6 Å². The van der Waals surface area contributed by atoms with Crippen LogP contribution in [0.1, 0.15) is 39.3 Å². The fraction of sp³-hybridized carbons (Fsp3) is 0.353. The van der Waals surface area contributed by atoms with E-state index in [1.54, 1.807) is 29.7 Å². The smallest absolute Gasteiger partial charge is 0.277 e. The highest BCUT2D eigenvalue weighted by Crippen LogP contribution is 2.23. The Balaban J connectivity index is 1.89. The van der Waals surface area contributed by atoms with Crippen molar-refractivity contribution in [3.05, 3.63) is 39.6 Å². The van der Waals surface area contributed by atoms with Crippen LogP contribution in [0, 0.1) is 13.8 Å². The van der Waals surface area contributed by atoms with Gasteiger partial charge in [-0.2, -0.15) is 15.3 Å². The highest BCUT2D eigenvalue weighted by atomic mass is 79.9. The van der Waals surface area contributed by atoms with Crippen LogP contribution in [0.2, 0.25) is 0 Å². The highest BCUT2D eigenvalue weighted by Gasteiger charge is 2.24. The summed E-state index contributed by atoms with van der Waals surface area (Å²) in [6.45, 7) is 6.03. The third-order valence-corrected chi connectivity index (χ3v) is 5.51. The number of carbonyl (C=O) groups is 2. The van der Waals surface area contributed by atoms with E-state index in [1.165, 1.54) is 10.9 Å². The van der Waals surface area contributed by atoms with Gasteiger partial charge in [-0.3, -0.25) is 23.6 Å². The third-order valence-electron chi connectivity index (χ3n) is 4.56. The van der Waals surface area contributed by atoms with Crippen molar-refractivity contribution in [3.8, 4) is 0 Å². The largest absolute Gasteiger partial charge is 0.318 e. The van der Waals surface area contributed by atoms with E-state index < -0.39 is 5.91 Å². The van der Waals surface area contributed by atoms with Gasteiger partial charge in [0.05, 0.1) is 39.6 Å². The minimum atomic E-state index is -0.433. The van der Waals surface area contributed by atoms with Crippen LogP contribution in [0.3, 0.4) is 0 Å². The first-order chi connectivity index (χ1) is 13.2. The van der Waals surface area contributed by atoms with Crippen molar-refractivity contribution in [2.24, 2.45) is 14.1 Å². The first-order valence-electron chi connectivity index (χ1n) is 8.60. The molecule has 11 heteroatoms. The van der Waals surface area contributed by atoms with Crippen LogP contribution in [-0.2, 0) is 20.6 Å². The van der Waals surface area contributed by atoms with E-state index in [0.29, 0.717) is 22.4 Å². The number of aromatic nitrogens is 6. The molecule has 3 aromatic rings. The Morgan fingerprint density at radius 3 is 2.18 bits per heavy atom. The summed E-state index contributed by atoms with van der Waals surface area (Å²) in [4.78, 5) is 25.6. The Morgan fingerprint density at radius 2 is 1.64 bits per heavy atom. The molecule has 0 aliphatic rings. The van der Waals surface area contributed by atoms with Crippen LogP contribution < -0.4 is 10.6 Å². The first kappa shape index (κ1) is 19.8. The van der Waals surface area contributed by atoms with Gasteiger partial charge in [-0.1, -0.05) is 0 Å². The standard InChI is InChI=1S/C17H21BrN8O2/c1-6-26-15(17(28)21-11-7-19-24(4)9(11)2)12(8-20-26)22-16(27)14-13(18)10(3)25(5)23-14/h7-8H,6H2,1-5H3,(H,21,28)(H,22,27). The highest BCUT2D eigenvalue weighted by molar-refractivity contribution is 9.10. The van der Waals surface area contributed by atoms with Crippen LogP contribution in [0.5, 0.6) is 0 Å². The summed E-state index contributed by atoms with van der Waals surface area (Å²) in [5, 5.41) is 18.1. The monoisotopic (exact) mass is 448 g/mol. The minimum Gasteiger partial charge on any atom is -0.318 e. The molecule has 3 rings (SSSR count). The van der Waals surface area contributed by atoms with Crippen LogP contribution in [0.4, 0.5) is 11.4 Å². The second kappa shape index (κ2) is 7.58. The molecule has 0 spiro atoms. The average molecular weight is 449 g/mol. The molecule has 0 saturated carbocycles. The predicted octanol–water partition coefficient (Wildman–Crippen LogP) is 2.25. The molecule has 0 aliphatic heterocycles. The van der Waals surface area contributed by atoms with Gasteiger partial charge >= 0.3 is 0 Å². The van der Waals surface area contributed by atoms with E-state index in [0.717, 1.165) is 11.4 Å². The number of halogens is 1. The number of carbonyl (C=O) groups excluding carboxylic acids is 2. The summed E-state index contributed by atoms with van der Waals surface area (Å²) in [6.07, 6.45) is 3.03. The Morgan fingerprint density at radius 1 is 1.00 bits per heavy atom. The molecule has 2 N–H and O–H groups in total. The van der Waals surface area contributed by atoms with Gasteiger partial charge in [-0.15, -0.1) is 0 Å². The van der Waals surface area contributed by atoms with E-state index in [-0.39, 0.29) is 17.3 Å². The number of amides is 2. The topological polar surface area (TPSA) is 112 Å². The Kier molecular flexibility index (Phi) is 5.36. The summed E-state index contributed by atoms with van der Waals surface area (Å²) in [6, 6.07) is 0. The number of hydrogen-bond donors (Lipinski definition) is 2. The number of aryl methyl sites for hydroxylation is 3. The molecular formula is C17H21BrN8O2. The van der Waals surface area contributed by atoms with E-state index in [4.69, 9.17) is 0 Å². The fourth-order valence-corrected chi connectivity index (χ4v) is 3.18. The van der Waals surface area contributed by atoms with Crippen molar-refractivity contribution in [2.45, 2.75) is 27.3 Å². The van der Waals surface area contributed by atoms with Crippen LogP contribution in [0.25, 0.3) is 0 Å². The molecule has 28 heavy (non-hydrogen) atoms. The van der Waals surface area contributed by atoms with E-state index in [2.05, 4.69) is 41.9 Å². The summed E-state index contributed by atoms with van der Waals surface area (Å²) < 4.78 is 5.39. The third kappa shape index (κ3) is 3.44. The van der Waals surface area contributed by atoms with Crippen molar-refractivity contribution in [1.29, 1.82) is 0 Å². The van der Waals surface area contributed by atoms with Gasteiger partial charge in [0.1, 0.15) is 5.69 Å². The Labute approximate surface area is 170 Å². The van der Waals surface area contributed by atoms with Crippen molar-refractivity contribution < 1.29 is 9.59 Å². The van der Waals surface area contributed by atoms with Gasteiger partial charge in [0.15, 0.2) is 5.69 Å². The zero-order valence-corrected chi connectivity index (χ0v) is 17.8. The molecule has 0 atom stereocenters. The van der Waals surface area contributed by atoms with Gasteiger partial charge in [-0.05, 0) is 36.7 Å². The van der Waals surface area contributed by atoms with Crippen LogP contribution in [-0.4, -0.2) is 41.2 Å². The van der Waals surface area contributed by atoms with E-state index in [9.17, 15) is 9.59 Å². The Bertz CT molecular complexity index is 1060. The lowest BCUT2D eigenvalue weighted by Gasteiger charge is -2.09. The molecule has 0 aromatic carbocycles. The average Bonchev–Trinajstić information content (AvgIpc) is 3.29. The van der Waals surface area contributed by atoms with Crippen molar-refractivity contribution in [3.63, 3.8) is 0 Å². The summed E-state index contributed by atoms with van der Waals surface area (Å²) in [5.74, 6) is -0.820. The maximum atomic E-state index is 12.9. The summed E-state index contributed by atoms with van der Waals surface area (Å²) >= 11 is 3.38. The molecule has 3 aromatic heterocycles. The van der Waals surface area contributed by atoms with Gasteiger partial charge in [0.25, 0.3) is 11.8 Å². The predicted molar refractivity (Wildman–Crippen MR) is 107 cm³/mol. The molecule has 0 fully saturated rings. The second-order valence-electron chi connectivity index (χ2n) is 6.27. The minimum absolute atomic E-state index is 0.235. The van der Waals surface area contributed by atoms with Crippen molar-refractivity contribution in [2.75, 3.05) is 10.6 Å². The molecule has 0 unspecified atom stereocenters. The lowest BCUT2D eigenvalue weighted by atomic mass is 10.3. The molecule has 0 radical (unpaired) electrons. The number of rotatable bonds is 5. The number of nitrogens with zero attached hydrogens (tertiary/aromatic N) is 6. The molecule has 2 amide bonds. The van der Waals surface area contributed by atoms with Crippen LogP contribution >= 0.6 is 15.9 Å². The molecule has 3 heterocycles. The summed E-state index contributed by atoms with van der Waals surface area (Å²) in [7, 11) is 3.54. The molecular weight excluding hydrogens is 428 g/mol. The van der Waals surface area contributed by atoms with Gasteiger partial charge < -0.3 is 10.6 Å². The van der Waals surface area contributed by atoms with Gasteiger partial charge in [-0.25, -0.2) is 0 Å². The second-order valence-corrected chi connectivity index (χ2v) is 7.06. The SMILES string of the molecule is CCn1ncc(NC(=O)c2nn(C)c(C)c2Br)c1C(=O)Nc1cnn(C)c1C. The number of nitrogens with one attached hydrogen (secondary N) is 2. The zero-order valence-electron chi connectivity index (χ0n) is 16.2. The molecule has 0 saturated heterocycles. The normalized spacial score (nSPS) is 10.9.